The molecule has 0 fully saturated rings. The fourth-order valence-corrected chi connectivity index (χ4v) is 2.69. The molecule has 136 valence electrons. The molecule has 0 aliphatic heterocycles. The Morgan fingerprint density at radius 3 is 2.64 bits per heavy atom. The summed E-state index contributed by atoms with van der Waals surface area (Å²) in [5.74, 6) is 0.721. The van der Waals surface area contributed by atoms with Crippen molar-refractivity contribution in [3.63, 3.8) is 0 Å². The Balaban J connectivity index is 1.85. The van der Waals surface area contributed by atoms with Crippen LogP contribution in [0.25, 0.3) is 0 Å². The highest BCUT2D eigenvalue weighted by molar-refractivity contribution is 7.89. The number of rotatable bonds is 8. The molecule has 25 heavy (non-hydrogen) atoms. The molecule has 2 rings (SSSR count). The van der Waals surface area contributed by atoms with Crippen LogP contribution in [0.2, 0.25) is 0 Å². The van der Waals surface area contributed by atoms with E-state index in [1.165, 1.54) is 12.1 Å². The van der Waals surface area contributed by atoms with E-state index in [0.717, 1.165) is 37.6 Å². The van der Waals surface area contributed by atoms with E-state index in [2.05, 4.69) is 20.7 Å². The Hall–Kier alpha value is -2.39. The Morgan fingerprint density at radius 1 is 1.28 bits per heavy atom. The second-order valence-corrected chi connectivity index (χ2v) is 7.00. The van der Waals surface area contributed by atoms with E-state index in [-0.39, 0.29) is 4.90 Å². The van der Waals surface area contributed by atoms with Crippen LogP contribution in [0.15, 0.2) is 52.6 Å². The van der Waals surface area contributed by atoms with Crippen molar-refractivity contribution in [2.24, 2.45) is 10.1 Å². The van der Waals surface area contributed by atoms with E-state index in [1.807, 2.05) is 23.9 Å². The molecule has 9 heteroatoms. The largest absolute Gasteiger partial charge is 0.357 e. The molecule has 0 atom stereocenters. The molecule has 0 aliphatic rings. The second kappa shape index (κ2) is 9.19. The summed E-state index contributed by atoms with van der Waals surface area (Å²) >= 11 is 0. The third kappa shape index (κ3) is 6.55. The molecule has 0 aliphatic carbocycles. The number of benzene rings is 1. The van der Waals surface area contributed by atoms with Crippen molar-refractivity contribution < 1.29 is 8.42 Å². The number of primary sulfonamides is 1. The molecule has 0 amide bonds. The number of sulfonamides is 1. The molecule has 0 unspecified atom stereocenters. The van der Waals surface area contributed by atoms with Crippen molar-refractivity contribution >= 4 is 16.0 Å². The minimum atomic E-state index is -3.66. The minimum absolute atomic E-state index is 0.101. The first-order valence-corrected chi connectivity index (χ1v) is 9.65. The van der Waals surface area contributed by atoms with Crippen LogP contribution in [0.4, 0.5) is 0 Å². The fraction of sp³-hybridized carbons (Fsp3) is 0.375. The lowest BCUT2D eigenvalue weighted by atomic mass is 10.2. The SMILES string of the molecule is CCNC(=NCc1ccc(S(N)(=O)=O)cc1)NCCCn1cccn1. The summed E-state index contributed by atoms with van der Waals surface area (Å²) in [5.41, 5.74) is 0.904. The first kappa shape index (κ1) is 18.9. The van der Waals surface area contributed by atoms with Gasteiger partial charge in [-0.3, -0.25) is 4.68 Å². The molecule has 1 aromatic heterocycles. The van der Waals surface area contributed by atoms with Gasteiger partial charge in [-0.2, -0.15) is 5.10 Å². The average molecular weight is 364 g/mol. The molecule has 0 saturated heterocycles. The van der Waals surface area contributed by atoms with Crippen molar-refractivity contribution in [1.82, 2.24) is 20.4 Å². The van der Waals surface area contributed by atoms with E-state index in [1.54, 1.807) is 18.3 Å². The van der Waals surface area contributed by atoms with Gasteiger partial charge >= 0.3 is 0 Å². The molecular weight excluding hydrogens is 340 g/mol. The van der Waals surface area contributed by atoms with Gasteiger partial charge in [-0.1, -0.05) is 12.1 Å². The van der Waals surface area contributed by atoms with Gasteiger partial charge in [0.25, 0.3) is 0 Å². The first-order valence-electron chi connectivity index (χ1n) is 8.10. The molecular formula is C16H24N6O2S. The minimum Gasteiger partial charge on any atom is -0.357 e. The standard InChI is InChI=1S/C16H24N6O2S/c1-2-18-16(19-9-3-11-22-12-4-10-21-22)20-13-14-5-7-15(8-6-14)25(17,23)24/h4-8,10,12H,2-3,9,11,13H2,1H3,(H2,17,23,24)(H2,18,19,20). The van der Waals surface area contributed by atoms with Crippen LogP contribution in [-0.2, 0) is 23.1 Å². The van der Waals surface area contributed by atoms with Crippen LogP contribution in [0, 0.1) is 0 Å². The zero-order chi connectivity index (χ0) is 18.1. The second-order valence-electron chi connectivity index (χ2n) is 5.43. The highest BCUT2D eigenvalue weighted by atomic mass is 32.2. The number of aliphatic imine (C=N–C) groups is 1. The van der Waals surface area contributed by atoms with Gasteiger partial charge in [0.1, 0.15) is 0 Å². The monoisotopic (exact) mass is 364 g/mol. The summed E-state index contributed by atoms with van der Waals surface area (Å²) in [6, 6.07) is 8.31. The summed E-state index contributed by atoms with van der Waals surface area (Å²) in [4.78, 5) is 4.60. The Labute approximate surface area is 148 Å². The summed E-state index contributed by atoms with van der Waals surface area (Å²) in [6.45, 7) is 4.82. The van der Waals surface area contributed by atoms with Gasteiger partial charge in [0, 0.05) is 32.0 Å². The zero-order valence-corrected chi connectivity index (χ0v) is 15.0. The van der Waals surface area contributed by atoms with Crippen LogP contribution >= 0.6 is 0 Å². The van der Waals surface area contributed by atoms with Crippen molar-refractivity contribution in [2.75, 3.05) is 13.1 Å². The van der Waals surface area contributed by atoms with Crippen LogP contribution < -0.4 is 15.8 Å². The van der Waals surface area contributed by atoms with Crippen LogP contribution in [0.3, 0.4) is 0 Å². The third-order valence-corrected chi connectivity index (χ3v) is 4.36. The molecule has 1 aromatic carbocycles. The molecule has 0 bridgehead atoms. The van der Waals surface area contributed by atoms with Gasteiger partial charge < -0.3 is 10.6 Å². The summed E-state index contributed by atoms with van der Waals surface area (Å²) in [6.07, 6.45) is 4.62. The van der Waals surface area contributed by atoms with E-state index < -0.39 is 10.0 Å². The van der Waals surface area contributed by atoms with Crippen molar-refractivity contribution in [1.29, 1.82) is 0 Å². The number of hydrogen-bond donors (Lipinski definition) is 3. The maximum atomic E-state index is 11.3. The van der Waals surface area contributed by atoms with E-state index >= 15 is 0 Å². The zero-order valence-electron chi connectivity index (χ0n) is 14.2. The summed E-state index contributed by atoms with van der Waals surface area (Å²) in [7, 11) is -3.66. The van der Waals surface area contributed by atoms with Crippen LogP contribution in [0.1, 0.15) is 18.9 Å². The number of aromatic nitrogens is 2. The predicted molar refractivity (Wildman–Crippen MR) is 97.5 cm³/mol. The van der Waals surface area contributed by atoms with Gasteiger partial charge in [-0.05, 0) is 37.1 Å². The maximum Gasteiger partial charge on any atom is 0.238 e. The summed E-state index contributed by atoms with van der Waals surface area (Å²) < 4.78 is 24.4. The molecule has 0 radical (unpaired) electrons. The highest BCUT2D eigenvalue weighted by Gasteiger charge is 2.06. The molecule has 1 heterocycles. The van der Waals surface area contributed by atoms with Crippen molar-refractivity contribution in [2.45, 2.75) is 31.3 Å². The lowest BCUT2D eigenvalue weighted by molar-refractivity contribution is 0.570. The van der Waals surface area contributed by atoms with Gasteiger partial charge in [0.15, 0.2) is 5.96 Å². The normalized spacial score (nSPS) is 12.2. The Morgan fingerprint density at radius 2 is 2.04 bits per heavy atom. The number of hydrogen-bond acceptors (Lipinski definition) is 4. The topological polar surface area (TPSA) is 114 Å². The molecule has 4 N–H and O–H groups in total. The van der Waals surface area contributed by atoms with E-state index in [4.69, 9.17) is 5.14 Å². The van der Waals surface area contributed by atoms with Gasteiger partial charge in [-0.15, -0.1) is 0 Å². The van der Waals surface area contributed by atoms with Gasteiger partial charge in [0.05, 0.1) is 11.4 Å². The third-order valence-electron chi connectivity index (χ3n) is 3.43. The maximum absolute atomic E-state index is 11.3. The number of nitrogens with zero attached hydrogens (tertiary/aromatic N) is 3. The molecule has 2 aromatic rings. The first-order chi connectivity index (χ1) is 12.0. The van der Waals surface area contributed by atoms with Crippen LogP contribution in [-0.4, -0.2) is 37.2 Å². The fourth-order valence-electron chi connectivity index (χ4n) is 2.18. The van der Waals surface area contributed by atoms with E-state index in [9.17, 15) is 8.42 Å². The summed E-state index contributed by atoms with van der Waals surface area (Å²) in [5, 5.41) is 15.7. The Bertz CT molecular complexity index is 769. The van der Waals surface area contributed by atoms with Gasteiger partial charge in [0.2, 0.25) is 10.0 Å². The van der Waals surface area contributed by atoms with Crippen LogP contribution in [0.5, 0.6) is 0 Å². The van der Waals surface area contributed by atoms with Gasteiger partial charge in [-0.25, -0.2) is 18.5 Å². The lowest BCUT2D eigenvalue weighted by Crippen LogP contribution is -2.38. The predicted octanol–water partition coefficient (Wildman–Crippen LogP) is 0.676. The smallest absolute Gasteiger partial charge is 0.238 e. The number of aryl methyl sites for hydroxylation is 1. The average Bonchev–Trinajstić information content (AvgIpc) is 3.09. The van der Waals surface area contributed by atoms with Crippen molar-refractivity contribution in [3.8, 4) is 0 Å². The number of guanidine groups is 1. The lowest BCUT2D eigenvalue weighted by Gasteiger charge is -2.11. The molecule has 0 spiro atoms. The highest BCUT2D eigenvalue weighted by Crippen LogP contribution is 2.09. The van der Waals surface area contributed by atoms with Crippen molar-refractivity contribution in [3.05, 3.63) is 48.3 Å². The number of nitrogens with two attached hydrogens (primary N) is 1. The number of nitrogens with one attached hydrogen (secondary N) is 2. The Kier molecular flexibility index (Phi) is 6.96. The van der Waals surface area contributed by atoms with E-state index in [0.29, 0.717) is 6.54 Å². The quantitative estimate of drug-likeness (QED) is 0.362. The molecule has 0 saturated carbocycles. The molecule has 8 nitrogen and oxygen atoms in total.